The van der Waals surface area contributed by atoms with Gasteiger partial charge in [-0.25, -0.2) is 4.98 Å². The van der Waals surface area contributed by atoms with E-state index >= 15 is 0 Å². The molecule has 186 valence electrons. The number of para-hydroxylation sites is 1. The Morgan fingerprint density at radius 1 is 1.00 bits per heavy atom. The first-order valence-corrected chi connectivity index (χ1v) is 12.4. The molecule has 0 radical (unpaired) electrons. The fraction of sp³-hybridized carbons (Fsp3) is 0.286. The average molecular weight is 483 g/mol. The fourth-order valence-corrected chi connectivity index (χ4v) is 4.72. The lowest BCUT2D eigenvalue weighted by atomic mass is 10.1. The Bertz CT molecular complexity index is 1500. The zero-order valence-electron chi connectivity index (χ0n) is 21.6. The van der Waals surface area contributed by atoms with Crippen LogP contribution in [0, 0.1) is 0 Å². The van der Waals surface area contributed by atoms with Crippen LogP contribution in [0.1, 0.15) is 6.92 Å². The second-order valence-electron chi connectivity index (χ2n) is 9.30. The lowest BCUT2D eigenvalue weighted by Gasteiger charge is -2.27. The lowest BCUT2D eigenvalue weighted by molar-refractivity contribution is 0.414. The number of rotatable bonds is 9. The Labute approximate surface area is 212 Å². The van der Waals surface area contributed by atoms with Gasteiger partial charge in [0.1, 0.15) is 5.65 Å². The Kier molecular flexibility index (Phi) is 6.52. The molecule has 0 atom stereocenters. The molecule has 0 aliphatic heterocycles. The van der Waals surface area contributed by atoms with Gasteiger partial charge in [-0.2, -0.15) is 4.98 Å². The van der Waals surface area contributed by atoms with Crippen LogP contribution < -0.4 is 15.5 Å². The summed E-state index contributed by atoms with van der Waals surface area (Å²) in [5.74, 6) is 0.558. The zero-order chi connectivity index (χ0) is 25.2. The first kappa shape index (κ1) is 23.7. The van der Waals surface area contributed by atoms with E-state index in [0.29, 0.717) is 5.95 Å². The van der Waals surface area contributed by atoms with Crippen molar-refractivity contribution in [1.29, 1.82) is 0 Å². The monoisotopic (exact) mass is 482 g/mol. The van der Waals surface area contributed by atoms with Gasteiger partial charge in [-0.15, -0.1) is 0 Å². The third-order valence-corrected chi connectivity index (χ3v) is 6.63. The molecule has 5 aromatic rings. The number of nitrogens with one attached hydrogen (secondary N) is 3. The van der Waals surface area contributed by atoms with Crippen LogP contribution in [0.15, 0.2) is 60.9 Å². The van der Waals surface area contributed by atoms with Crippen molar-refractivity contribution >= 4 is 44.9 Å². The van der Waals surface area contributed by atoms with Crippen molar-refractivity contribution in [3.05, 3.63) is 60.9 Å². The molecule has 0 aliphatic rings. The highest BCUT2D eigenvalue weighted by atomic mass is 15.2. The van der Waals surface area contributed by atoms with Crippen molar-refractivity contribution in [2.24, 2.45) is 7.05 Å². The fourth-order valence-electron chi connectivity index (χ4n) is 4.72. The molecule has 5 rings (SSSR count). The number of aryl methyl sites for hydroxylation is 1. The summed E-state index contributed by atoms with van der Waals surface area (Å²) in [7, 11) is 8.24. The predicted octanol–water partition coefficient (Wildman–Crippen LogP) is 5.29. The minimum Gasteiger partial charge on any atom is -0.386 e. The maximum absolute atomic E-state index is 4.99. The molecule has 0 fully saturated rings. The van der Waals surface area contributed by atoms with Gasteiger partial charge in [-0.1, -0.05) is 18.2 Å². The molecule has 0 bridgehead atoms. The van der Waals surface area contributed by atoms with Crippen LogP contribution in [-0.2, 0) is 7.05 Å². The molecule has 8 heteroatoms. The van der Waals surface area contributed by atoms with Gasteiger partial charge in [0.2, 0.25) is 5.95 Å². The number of benzene rings is 2. The van der Waals surface area contributed by atoms with Gasteiger partial charge in [0.05, 0.1) is 17.1 Å². The average Bonchev–Trinajstić information content (AvgIpc) is 3.49. The molecule has 0 saturated heterocycles. The van der Waals surface area contributed by atoms with Gasteiger partial charge in [-0.3, -0.25) is 0 Å². The Balaban J connectivity index is 1.51. The van der Waals surface area contributed by atoms with E-state index in [-0.39, 0.29) is 0 Å². The number of hydrogen-bond donors (Lipinski definition) is 3. The summed E-state index contributed by atoms with van der Waals surface area (Å²) in [6, 6.07) is 16.8. The molecule has 8 nitrogen and oxygen atoms in total. The van der Waals surface area contributed by atoms with Crippen LogP contribution in [-0.4, -0.2) is 65.2 Å². The summed E-state index contributed by atoms with van der Waals surface area (Å²) in [5, 5.41) is 8.98. The van der Waals surface area contributed by atoms with E-state index in [4.69, 9.17) is 9.97 Å². The van der Waals surface area contributed by atoms with Crippen LogP contribution in [0.3, 0.4) is 0 Å². The molecule has 3 aromatic heterocycles. The first-order valence-electron chi connectivity index (χ1n) is 12.4. The molecule has 0 amide bonds. The SMILES string of the molecule is CCN(CCN(C)C)c1ccc(Nc2nc(-c3cn(C)c4ccccc34)c3cc[nH]c3n2)cc1NC. The van der Waals surface area contributed by atoms with Crippen LogP contribution in [0.4, 0.5) is 23.0 Å². The Morgan fingerprint density at radius 2 is 1.83 bits per heavy atom. The normalized spacial score (nSPS) is 11.5. The van der Waals surface area contributed by atoms with Crippen molar-refractivity contribution in [2.75, 3.05) is 56.3 Å². The lowest BCUT2D eigenvalue weighted by Crippen LogP contribution is -2.32. The van der Waals surface area contributed by atoms with Crippen molar-refractivity contribution in [1.82, 2.24) is 24.4 Å². The number of hydrogen-bond acceptors (Lipinski definition) is 6. The van der Waals surface area contributed by atoms with E-state index in [2.05, 4.69) is 107 Å². The van der Waals surface area contributed by atoms with Crippen LogP contribution in [0.2, 0.25) is 0 Å². The number of H-pyrrole nitrogens is 1. The minimum atomic E-state index is 0.558. The number of aromatic nitrogens is 4. The summed E-state index contributed by atoms with van der Waals surface area (Å²) < 4.78 is 2.14. The van der Waals surface area contributed by atoms with E-state index in [1.54, 1.807) is 0 Å². The standard InChI is InChI=1S/C28H34N8/c1-6-36(16-15-34(3)4)25-12-11-19(17-23(25)29-2)31-28-32-26(21-13-14-30-27(21)33-28)22-18-35(5)24-10-8-7-9-20(22)24/h7-14,17-18,29H,6,15-16H2,1-5H3,(H2,30,31,32,33). The van der Waals surface area contributed by atoms with Crippen LogP contribution in [0.25, 0.3) is 33.2 Å². The zero-order valence-corrected chi connectivity index (χ0v) is 21.6. The number of nitrogens with zero attached hydrogens (tertiary/aromatic N) is 5. The molecule has 2 aromatic carbocycles. The quantitative estimate of drug-likeness (QED) is 0.265. The van der Waals surface area contributed by atoms with Crippen molar-refractivity contribution in [3.63, 3.8) is 0 Å². The second kappa shape index (κ2) is 9.91. The van der Waals surface area contributed by atoms with Gasteiger partial charge in [-0.05, 0) is 51.4 Å². The topological polar surface area (TPSA) is 77.0 Å². The van der Waals surface area contributed by atoms with Gasteiger partial charge in [0.15, 0.2) is 0 Å². The van der Waals surface area contributed by atoms with E-state index in [1.807, 2.05) is 19.3 Å². The van der Waals surface area contributed by atoms with Crippen molar-refractivity contribution in [2.45, 2.75) is 6.92 Å². The maximum Gasteiger partial charge on any atom is 0.229 e. The van der Waals surface area contributed by atoms with Crippen molar-refractivity contribution in [3.8, 4) is 11.3 Å². The largest absolute Gasteiger partial charge is 0.386 e. The van der Waals surface area contributed by atoms with Crippen LogP contribution in [0.5, 0.6) is 0 Å². The van der Waals surface area contributed by atoms with E-state index < -0.39 is 0 Å². The highest BCUT2D eigenvalue weighted by molar-refractivity contribution is 6.02. The Morgan fingerprint density at radius 3 is 2.61 bits per heavy atom. The summed E-state index contributed by atoms with van der Waals surface area (Å²) in [5.41, 5.74) is 7.16. The van der Waals surface area contributed by atoms with Gasteiger partial charge >= 0.3 is 0 Å². The summed E-state index contributed by atoms with van der Waals surface area (Å²) >= 11 is 0. The van der Waals surface area contributed by atoms with Gasteiger partial charge in [0, 0.05) is 73.7 Å². The van der Waals surface area contributed by atoms with E-state index in [1.165, 1.54) is 16.6 Å². The highest BCUT2D eigenvalue weighted by Crippen LogP contribution is 2.35. The number of anilines is 4. The van der Waals surface area contributed by atoms with Crippen LogP contribution >= 0.6 is 0 Å². The molecule has 0 saturated carbocycles. The van der Waals surface area contributed by atoms with E-state index in [9.17, 15) is 0 Å². The summed E-state index contributed by atoms with van der Waals surface area (Å²) in [6.45, 7) is 5.09. The van der Waals surface area contributed by atoms with Gasteiger partial charge in [0.25, 0.3) is 0 Å². The summed E-state index contributed by atoms with van der Waals surface area (Å²) in [4.78, 5) is 17.6. The molecule has 0 unspecified atom stereocenters. The Hall–Kier alpha value is -4.04. The first-order chi connectivity index (χ1) is 17.5. The summed E-state index contributed by atoms with van der Waals surface area (Å²) in [6.07, 6.45) is 4.06. The predicted molar refractivity (Wildman–Crippen MR) is 152 cm³/mol. The minimum absolute atomic E-state index is 0.558. The van der Waals surface area contributed by atoms with Crippen molar-refractivity contribution < 1.29 is 0 Å². The molecular formula is C28H34N8. The maximum atomic E-state index is 4.99. The van der Waals surface area contributed by atoms with Gasteiger partial charge < -0.3 is 30.0 Å². The molecule has 36 heavy (non-hydrogen) atoms. The number of fused-ring (bicyclic) bond motifs is 2. The third kappa shape index (κ3) is 4.47. The third-order valence-electron chi connectivity index (χ3n) is 6.63. The highest BCUT2D eigenvalue weighted by Gasteiger charge is 2.16. The second-order valence-corrected chi connectivity index (χ2v) is 9.30. The van der Waals surface area contributed by atoms with E-state index in [0.717, 1.165) is 53.3 Å². The molecule has 3 N–H and O–H groups in total. The molecule has 3 heterocycles. The smallest absolute Gasteiger partial charge is 0.229 e. The molecule has 0 aliphatic carbocycles. The number of likely N-dealkylation sites (N-methyl/N-ethyl adjacent to an activating group) is 2. The number of aromatic amines is 1. The molecular weight excluding hydrogens is 448 g/mol. The molecule has 0 spiro atoms.